The predicted octanol–water partition coefficient (Wildman–Crippen LogP) is 2.43. The molecule has 1 aromatic carbocycles. The molecule has 0 nitrogen and oxygen atoms in total. The van der Waals surface area contributed by atoms with Crippen molar-refractivity contribution in [2.45, 2.75) is 13.3 Å². The van der Waals surface area contributed by atoms with Gasteiger partial charge in [-0.3, -0.25) is 0 Å². The van der Waals surface area contributed by atoms with Crippen molar-refractivity contribution in [1.29, 1.82) is 0 Å². The van der Waals surface area contributed by atoms with E-state index in [0.29, 0.717) is 0 Å². The van der Waals surface area contributed by atoms with Crippen LogP contribution in [-0.2, 0) is 0 Å². The minimum Gasteiger partial charge on any atom is -0.115 e. The molecule has 0 aliphatic carbocycles. The van der Waals surface area contributed by atoms with Crippen molar-refractivity contribution in [2.75, 3.05) is 0 Å². The summed E-state index contributed by atoms with van der Waals surface area (Å²) in [7, 11) is 0. The number of hydrogen-bond donors (Lipinski definition) is 0. The lowest BCUT2D eigenvalue weighted by Crippen LogP contribution is -1.80. The summed E-state index contributed by atoms with van der Waals surface area (Å²) in [6.07, 6.45) is 6.16. The zero-order valence-electron chi connectivity index (χ0n) is 7.09. The summed E-state index contributed by atoms with van der Waals surface area (Å²) in [6, 6.07) is 7.71. The lowest BCUT2D eigenvalue weighted by atomic mass is 10.1. The molecule has 12 heavy (non-hydrogen) atoms. The molecule has 0 aliphatic rings. The molecule has 0 heterocycles. The molecule has 0 spiro atoms. The van der Waals surface area contributed by atoms with Gasteiger partial charge in [-0.1, -0.05) is 36.8 Å². The Balaban J connectivity index is 3.07. The molecule has 0 saturated heterocycles. The number of terminal acetylenes is 1. The normalized spacial score (nSPS) is 8.00. The van der Waals surface area contributed by atoms with E-state index in [2.05, 4.69) is 17.8 Å². The standard InChI is InChI=1S/C12H10/c1-3-5-8-12-10-7-6-9-11(12)4-2/h2,6-7,9-10H,3H2,1H3. The van der Waals surface area contributed by atoms with E-state index in [1.165, 1.54) is 0 Å². The van der Waals surface area contributed by atoms with E-state index in [0.717, 1.165) is 17.5 Å². The van der Waals surface area contributed by atoms with Gasteiger partial charge in [0.2, 0.25) is 0 Å². The van der Waals surface area contributed by atoms with Crippen LogP contribution in [0.2, 0.25) is 0 Å². The highest BCUT2D eigenvalue weighted by atomic mass is 13.9. The van der Waals surface area contributed by atoms with Gasteiger partial charge >= 0.3 is 0 Å². The van der Waals surface area contributed by atoms with Crippen molar-refractivity contribution in [3.8, 4) is 24.2 Å². The maximum Gasteiger partial charge on any atom is 0.0401 e. The monoisotopic (exact) mass is 154 g/mol. The average molecular weight is 154 g/mol. The molecule has 58 valence electrons. The van der Waals surface area contributed by atoms with Gasteiger partial charge in [0.05, 0.1) is 0 Å². The minimum absolute atomic E-state index is 0.860. The summed E-state index contributed by atoms with van der Waals surface area (Å²) in [5.41, 5.74) is 1.82. The van der Waals surface area contributed by atoms with E-state index >= 15 is 0 Å². The highest BCUT2D eigenvalue weighted by Gasteiger charge is 1.91. The maximum atomic E-state index is 5.30. The Labute approximate surface area is 73.6 Å². The average Bonchev–Trinajstić information content (AvgIpc) is 2.15. The Bertz CT molecular complexity index is 356. The second kappa shape index (κ2) is 4.27. The fourth-order valence-corrected chi connectivity index (χ4v) is 0.902. The molecule has 0 N–H and O–H groups in total. The van der Waals surface area contributed by atoms with Crippen LogP contribution < -0.4 is 0 Å². The van der Waals surface area contributed by atoms with Crippen molar-refractivity contribution in [1.82, 2.24) is 0 Å². The summed E-state index contributed by atoms with van der Waals surface area (Å²) in [6.45, 7) is 2.02. The van der Waals surface area contributed by atoms with Crippen molar-refractivity contribution >= 4 is 0 Å². The van der Waals surface area contributed by atoms with Crippen LogP contribution in [0, 0.1) is 24.2 Å². The van der Waals surface area contributed by atoms with Gasteiger partial charge in [-0.05, 0) is 12.1 Å². The predicted molar refractivity (Wildman–Crippen MR) is 51.5 cm³/mol. The van der Waals surface area contributed by atoms with E-state index in [4.69, 9.17) is 6.42 Å². The van der Waals surface area contributed by atoms with Gasteiger partial charge in [-0.25, -0.2) is 0 Å². The Kier molecular flexibility index (Phi) is 3.00. The minimum atomic E-state index is 0.860. The zero-order chi connectivity index (χ0) is 8.81. The van der Waals surface area contributed by atoms with Crippen molar-refractivity contribution in [3.05, 3.63) is 35.4 Å². The number of hydrogen-bond acceptors (Lipinski definition) is 0. The summed E-state index contributed by atoms with van der Waals surface area (Å²) in [5.74, 6) is 8.62. The van der Waals surface area contributed by atoms with E-state index < -0.39 is 0 Å². The van der Waals surface area contributed by atoms with Crippen LogP contribution in [0.4, 0.5) is 0 Å². The van der Waals surface area contributed by atoms with Crippen molar-refractivity contribution in [3.63, 3.8) is 0 Å². The van der Waals surface area contributed by atoms with Crippen LogP contribution in [0.5, 0.6) is 0 Å². The largest absolute Gasteiger partial charge is 0.115 e. The van der Waals surface area contributed by atoms with Gasteiger partial charge in [0, 0.05) is 17.5 Å². The number of rotatable bonds is 0. The second-order valence-electron chi connectivity index (χ2n) is 2.35. The van der Waals surface area contributed by atoms with Gasteiger partial charge < -0.3 is 0 Å². The third-order valence-electron chi connectivity index (χ3n) is 1.48. The maximum absolute atomic E-state index is 5.30. The van der Waals surface area contributed by atoms with Crippen LogP contribution in [0.1, 0.15) is 24.5 Å². The third-order valence-corrected chi connectivity index (χ3v) is 1.48. The Morgan fingerprint density at radius 1 is 1.25 bits per heavy atom. The summed E-state index contributed by atoms with van der Waals surface area (Å²) in [5, 5.41) is 0. The smallest absolute Gasteiger partial charge is 0.0401 e. The summed E-state index contributed by atoms with van der Waals surface area (Å²) >= 11 is 0. The molecule has 0 radical (unpaired) electrons. The first kappa shape index (κ1) is 8.44. The molecule has 0 atom stereocenters. The third kappa shape index (κ3) is 1.91. The van der Waals surface area contributed by atoms with Crippen LogP contribution >= 0.6 is 0 Å². The Hall–Kier alpha value is -1.66. The molecule has 0 aromatic heterocycles. The molecule has 0 unspecified atom stereocenters. The molecule has 0 heteroatoms. The first-order chi connectivity index (χ1) is 5.88. The van der Waals surface area contributed by atoms with Crippen LogP contribution in [-0.4, -0.2) is 0 Å². The highest BCUT2D eigenvalue weighted by molar-refractivity contribution is 5.48. The number of benzene rings is 1. The fourth-order valence-electron chi connectivity index (χ4n) is 0.902. The first-order valence-corrected chi connectivity index (χ1v) is 3.93. The molecule has 0 amide bonds. The van der Waals surface area contributed by atoms with Gasteiger partial charge in [-0.15, -0.1) is 6.42 Å². The lowest BCUT2D eigenvalue weighted by molar-refractivity contribution is 1.28. The fraction of sp³-hybridized carbons (Fsp3) is 0.167. The van der Waals surface area contributed by atoms with Gasteiger partial charge in [0.1, 0.15) is 0 Å². The first-order valence-electron chi connectivity index (χ1n) is 3.93. The van der Waals surface area contributed by atoms with Crippen LogP contribution in [0.15, 0.2) is 24.3 Å². The zero-order valence-corrected chi connectivity index (χ0v) is 7.09. The molecule has 0 fully saturated rings. The lowest BCUT2D eigenvalue weighted by Gasteiger charge is -1.93. The Morgan fingerprint density at radius 2 is 1.92 bits per heavy atom. The molecule has 0 bridgehead atoms. The van der Waals surface area contributed by atoms with Gasteiger partial charge in [0.25, 0.3) is 0 Å². The summed E-state index contributed by atoms with van der Waals surface area (Å²) in [4.78, 5) is 0. The van der Waals surface area contributed by atoms with E-state index in [1.54, 1.807) is 0 Å². The molecule has 0 saturated carbocycles. The van der Waals surface area contributed by atoms with Crippen LogP contribution in [0.25, 0.3) is 0 Å². The van der Waals surface area contributed by atoms with Gasteiger partial charge in [-0.2, -0.15) is 0 Å². The second-order valence-corrected chi connectivity index (χ2v) is 2.35. The molecular formula is C12H10. The van der Waals surface area contributed by atoms with E-state index in [1.807, 2.05) is 31.2 Å². The molecular weight excluding hydrogens is 144 g/mol. The van der Waals surface area contributed by atoms with E-state index in [9.17, 15) is 0 Å². The van der Waals surface area contributed by atoms with Crippen LogP contribution in [0.3, 0.4) is 0 Å². The topological polar surface area (TPSA) is 0 Å². The van der Waals surface area contributed by atoms with Crippen molar-refractivity contribution < 1.29 is 0 Å². The molecule has 1 rings (SSSR count). The highest BCUT2D eigenvalue weighted by Crippen LogP contribution is 2.04. The van der Waals surface area contributed by atoms with Gasteiger partial charge in [0.15, 0.2) is 0 Å². The Morgan fingerprint density at radius 3 is 2.50 bits per heavy atom. The van der Waals surface area contributed by atoms with E-state index in [-0.39, 0.29) is 0 Å². The molecule has 0 aliphatic heterocycles. The summed E-state index contributed by atoms with van der Waals surface area (Å²) < 4.78 is 0. The quantitative estimate of drug-likeness (QED) is 0.503. The SMILES string of the molecule is C#Cc1ccccc1C#CCC. The van der Waals surface area contributed by atoms with Crippen molar-refractivity contribution in [2.24, 2.45) is 0 Å². The molecule has 1 aromatic rings.